The number of halogens is 1. The molecule has 0 saturated carbocycles. The zero-order valence-electron chi connectivity index (χ0n) is 10.8. The van der Waals surface area contributed by atoms with E-state index >= 15 is 0 Å². The Kier molecular flexibility index (Phi) is 4.74. The molecule has 98 valence electrons. The lowest BCUT2D eigenvalue weighted by atomic mass is 10.0. The smallest absolute Gasteiger partial charge is 0.251 e. The highest BCUT2D eigenvalue weighted by Gasteiger charge is 2.08. The van der Waals surface area contributed by atoms with E-state index in [4.69, 9.17) is 0 Å². The molecule has 1 amide bonds. The molecular weight excluding hydrogens is 302 g/mol. The van der Waals surface area contributed by atoms with E-state index in [0.717, 1.165) is 4.47 Å². The molecule has 19 heavy (non-hydrogen) atoms. The van der Waals surface area contributed by atoms with E-state index in [2.05, 4.69) is 40.3 Å². The number of hydrogen-bond acceptors (Lipinski definition) is 1. The first-order valence-corrected chi connectivity index (χ1v) is 7.05. The van der Waals surface area contributed by atoms with Gasteiger partial charge in [-0.05, 0) is 35.7 Å². The quantitative estimate of drug-likeness (QED) is 0.907. The average molecular weight is 318 g/mol. The number of rotatable bonds is 4. The molecule has 2 rings (SSSR count). The average Bonchev–Trinajstić information content (AvgIpc) is 2.46. The summed E-state index contributed by atoms with van der Waals surface area (Å²) in [5.41, 5.74) is 1.92. The molecule has 1 N–H and O–H groups in total. The van der Waals surface area contributed by atoms with Crippen molar-refractivity contribution in [1.29, 1.82) is 0 Å². The summed E-state index contributed by atoms with van der Waals surface area (Å²) in [4.78, 5) is 12.0. The lowest BCUT2D eigenvalue weighted by Crippen LogP contribution is -2.27. The Labute approximate surface area is 122 Å². The molecule has 0 aliphatic heterocycles. The Bertz CT molecular complexity index is 536. The van der Waals surface area contributed by atoms with Crippen LogP contribution in [-0.2, 0) is 0 Å². The monoisotopic (exact) mass is 317 g/mol. The molecule has 0 radical (unpaired) electrons. The Morgan fingerprint density at radius 3 is 2.37 bits per heavy atom. The van der Waals surface area contributed by atoms with Crippen LogP contribution in [0.3, 0.4) is 0 Å². The van der Waals surface area contributed by atoms with E-state index in [1.54, 1.807) is 0 Å². The van der Waals surface area contributed by atoms with Crippen LogP contribution >= 0.6 is 15.9 Å². The van der Waals surface area contributed by atoms with Crippen LogP contribution in [0.2, 0.25) is 0 Å². The maximum atomic E-state index is 12.0. The molecule has 1 unspecified atom stereocenters. The van der Waals surface area contributed by atoms with E-state index in [-0.39, 0.29) is 5.91 Å². The third kappa shape index (κ3) is 3.93. The van der Waals surface area contributed by atoms with E-state index in [0.29, 0.717) is 18.0 Å². The minimum Gasteiger partial charge on any atom is -0.351 e. The van der Waals surface area contributed by atoms with Gasteiger partial charge in [-0.1, -0.05) is 53.2 Å². The number of carbonyl (C=O) groups is 1. The minimum atomic E-state index is -0.0321. The molecule has 0 fully saturated rings. The van der Waals surface area contributed by atoms with E-state index in [1.165, 1.54) is 5.56 Å². The lowest BCUT2D eigenvalue weighted by Gasteiger charge is -2.13. The van der Waals surface area contributed by atoms with Gasteiger partial charge in [-0.3, -0.25) is 4.79 Å². The first kappa shape index (κ1) is 13.8. The molecule has 2 aromatic carbocycles. The Morgan fingerprint density at radius 1 is 1.11 bits per heavy atom. The van der Waals surface area contributed by atoms with Gasteiger partial charge in [0.15, 0.2) is 0 Å². The molecule has 3 heteroatoms. The minimum absolute atomic E-state index is 0.0321. The van der Waals surface area contributed by atoms with Crippen LogP contribution in [0.1, 0.15) is 28.8 Å². The van der Waals surface area contributed by atoms with Gasteiger partial charge < -0.3 is 5.32 Å². The summed E-state index contributed by atoms with van der Waals surface area (Å²) in [5.74, 6) is 0.274. The van der Waals surface area contributed by atoms with Crippen LogP contribution in [0, 0.1) is 0 Å². The van der Waals surface area contributed by atoms with Crippen LogP contribution in [0.5, 0.6) is 0 Å². The number of carbonyl (C=O) groups excluding carboxylic acids is 1. The second-order valence-electron chi connectivity index (χ2n) is 4.53. The second-order valence-corrected chi connectivity index (χ2v) is 5.44. The highest BCUT2D eigenvalue weighted by atomic mass is 79.9. The Morgan fingerprint density at radius 2 is 1.74 bits per heavy atom. The maximum absolute atomic E-state index is 12.0. The van der Waals surface area contributed by atoms with Crippen molar-refractivity contribution >= 4 is 21.8 Å². The van der Waals surface area contributed by atoms with E-state index < -0.39 is 0 Å². The van der Waals surface area contributed by atoms with Crippen LogP contribution < -0.4 is 5.32 Å². The molecule has 0 aliphatic rings. The van der Waals surface area contributed by atoms with Gasteiger partial charge in [-0.25, -0.2) is 0 Å². The van der Waals surface area contributed by atoms with Gasteiger partial charge in [0.2, 0.25) is 0 Å². The first-order chi connectivity index (χ1) is 9.16. The third-order valence-corrected chi connectivity index (χ3v) is 3.57. The predicted molar refractivity (Wildman–Crippen MR) is 81.3 cm³/mol. The standard InChI is InChI=1S/C16H16BrNO/c1-12(13-5-3-2-4-6-13)11-18-16(19)14-7-9-15(17)10-8-14/h2-10,12H,11H2,1H3,(H,18,19). The zero-order valence-corrected chi connectivity index (χ0v) is 12.4. The van der Waals surface area contributed by atoms with Crippen molar-refractivity contribution in [3.8, 4) is 0 Å². The molecule has 1 atom stereocenters. The number of nitrogens with one attached hydrogen (secondary N) is 1. The molecule has 0 aromatic heterocycles. The summed E-state index contributed by atoms with van der Waals surface area (Å²) < 4.78 is 0.974. The summed E-state index contributed by atoms with van der Waals surface area (Å²) >= 11 is 3.36. The number of amides is 1. The summed E-state index contributed by atoms with van der Waals surface area (Å²) in [6.07, 6.45) is 0. The Balaban J connectivity index is 1.92. The van der Waals surface area contributed by atoms with Crippen LogP contribution in [0.25, 0.3) is 0 Å². The largest absolute Gasteiger partial charge is 0.351 e. The van der Waals surface area contributed by atoms with Crippen molar-refractivity contribution < 1.29 is 4.79 Å². The zero-order chi connectivity index (χ0) is 13.7. The molecule has 0 saturated heterocycles. The van der Waals surface area contributed by atoms with E-state index in [1.807, 2.05) is 42.5 Å². The van der Waals surface area contributed by atoms with Crippen LogP contribution in [-0.4, -0.2) is 12.5 Å². The van der Waals surface area contributed by atoms with Gasteiger partial charge in [-0.2, -0.15) is 0 Å². The molecule has 0 spiro atoms. The van der Waals surface area contributed by atoms with E-state index in [9.17, 15) is 4.79 Å². The van der Waals surface area contributed by atoms with Crippen molar-refractivity contribution in [3.05, 3.63) is 70.2 Å². The fourth-order valence-electron chi connectivity index (χ4n) is 1.85. The van der Waals surface area contributed by atoms with Crippen molar-refractivity contribution in [2.45, 2.75) is 12.8 Å². The molecule has 0 heterocycles. The molecule has 2 nitrogen and oxygen atoms in total. The van der Waals surface area contributed by atoms with Crippen LogP contribution in [0.15, 0.2) is 59.1 Å². The van der Waals surface area contributed by atoms with Gasteiger partial charge in [0, 0.05) is 16.6 Å². The second kappa shape index (κ2) is 6.53. The fourth-order valence-corrected chi connectivity index (χ4v) is 2.11. The third-order valence-electron chi connectivity index (χ3n) is 3.04. The van der Waals surface area contributed by atoms with Crippen molar-refractivity contribution in [3.63, 3.8) is 0 Å². The Hall–Kier alpha value is -1.61. The van der Waals surface area contributed by atoms with Crippen molar-refractivity contribution in [1.82, 2.24) is 5.32 Å². The maximum Gasteiger partial charge on any atom is 0.251 e. The SMILES string of the molecule is CC(CNC(=O)c1ccc(Br)cc1)c1ccccc1. The van der Waals surface area contributed by atoms with Crippen molar-refractivity contribution in [2.75, 3.05) is 6.54 Å². The molecule has 0 bridgehead atoms. The van der Waals surface area contributed by atoms with Gasteiger partial charge in [0.05, 0.1) is 0 Å². The van der Waals surface area contributed by atoms with Gasteiger partial charge in [-0.15, -0.1) is 0 Å². The van der Waals surface area contributed by atoms with Crippen molar-refractivity contribution in [2.24, 2.45) is 0 Å². The number of benzene rings is 2. The van der Waals surface area contributed by atoms with Crippen LogP contribution in [0.4, 0.5) is 0 Å². The molecular formula is C16H16BrNO. The normalized spacial score (nSPS) is 11.9. The van der Waals surface area contributed by atoms with Gasteiger partial charge >= 0.3 is 0 Å². The highest BCUT2D eigenvalue weighted by molar-refractivity contribution is 9.10. The summed E-state index contributed by atoms with van der Waals surface area (Å²) in [7, 11) is 0. The lowest BCUT2D eigenvalue weighted by molar-refractivity contribution is 0.0951. The predicted octanol–water partition coefficient (Wildman–Crippen LogP) is 3.98. The number of hydrogen-bond donors (Lipinski definition) is 1. The fraction of sp³-hybridized carbons (Fsp3) is 0.188. The highest BCUT2D eigenvalue weighted by Crippen LogP contribution is 2.14. The first-order valence-electron chi connectivity index (χ1n) is 6.25. The molecule has 2 aromatic rings. The topological polar surface area (TPSA) is 29.1 Å². The summed E-state index contributed by atoms with van der Waals surface area (Å²) in [6, 6.07) is 17.6. The molecule has 0 aliphatic carbocycles. The van der Waals surface area contributed by atoms with Gasteiger partial charge in [0.25, 0.3) is 5.91 Å². The summed E-state index contributed by atoms with van der Waals surface area (Å²) in [5, 5.41) is 2.96. The summed E-state index contributed by atoms with van der Waals surface area (Å²) in [6.45, 7) is 2.75. The van der Waals surface area contributed by atoms with Gasteiger partial charge in [0.1, 0.15) is 0 Å².